The Morgan fingerprint density at radius 2 is 1.70 bits per heavy atom. The molecular weight excluding hydrogens is 244 g/mol. The molecule has 0 saturated heterocycles. The predicted molar refractivity (Wildman–Crippen MR) is 89.2 cm³/mol. The molecule has 0 aromatic heterocycles. The molecule has 0 aliphatic rings. The summed E-state index contributed by atoms with van der Waals surface area (Å²) in [6, 6.07) is 9.13. The molecule has 114 valence electrons. The van der Waals surface area contributed by atoms with Crippen molar-refractivity contribution in [2.24, 2.45) is 5.92 Å². The summed E-state index contributed by atoms with van der Waals surface area (Å²) in [5.41, 5.74) is 2.84. The number of hydrogen-bond acceptors (Lipinski definition) is 2. The van der Waals surface area contributed by atoms with Crippen molar-refractivity contribution >= 4 is 0 Å². The van der Waals surface area contributed by atoms with Crippen LogP contribution in [0.5, 0.6) is 0 Å². The second-order valence-corrected chi connectivity index (χ2v) is 6.43. The fourth-order valence-electron chi connectivity index (χ4n) is 2.43. The Bertz CT molecular complexity index is 356. The van der Waals surface area contributed by atoms with E-state index in [0.29, 0.717) is 5.92 Å². The highest BCUT2D eigenvalue weighted by molar-refractivity contribution is 5.25. The van der Waals surface area contributed by atoms with E-state index in [2.05, 4.69) is 69.2 Å². The fraction of sp³-hybridized carbons (Fsp3) is 0.667. The molecule has 0 aliphatic carbocycles. The third-order valence-electron chi connectivity index (χ3n) is 3.61. The van der Waals surface area contributed by atoms with Crippen LogP contribution in [0.25, 0.3) is 0 Å². The molecule has 20 heavy (non-hydrogen) atoms. The number of rotatable bonds is 9. The summed E-state index contributed by atoms with van der Waals surface area (Å²) in [6.45, 7) is 13.4. The summed E-state index contributed by atoms with van der Waals surface area (Å²) in [7, 11) is 2.19. The zero-order valence-corrected chi connectivity index (χ0v) is 13.9. The van der Waals surface area contributed by atoms with Gasteiger partial charge < -0.3 is 10.2 Å². The standard InChI is InChI=1S/C18H32N2/c1-6-11-20(5)14-17-7-9-18(10-8-17)16(4)13-19-12-15(2)3/h7-10,15-16,19H,6,11-14H2,1-5H3. The third-order valence-corrected chi connectivity index (χ3v) is 3.61. The van der Waals surface area contributed by atoms with Crippen LogP contribution in [0.1, 0.15) is 51.2 Å². The van der Waals surface area contributed by atoms with Gasteiger partial charge in [-0.15, -0.1) is 0 Å². The molecule has 0 bridgehead atoms. The normalized spacial score (nSPS) is 13.2. The Hall–Kier alpha value is -0.860. The average molecular weight is 276 g/mol. The van der Waals surface area contributed by atoms with Crippen LogP contribution in [-0.4, -0.2) is 31.6 Å². The minimum atomic E-state index is 0.580. The van der Waals surface area contributed by atoms with Gasteiger partial charge in [0.2, 0.25) is 0 Å². The van der Waals surface area contributed by atoms with E-state index in [1.165, 1.54) is 17.5 Å². The van der Waals surface area contributed by atoms with Crippen molar-refractivity contribution in [3.8, 4) is 0 Å². The lowest BCUT2D eigenvalue weighted by Gasteiger charge is -2.17. The lowest BCUT2D eigenvalue weighted by molar-refractivity contribution is 0.327. The van der Waals surface area contributed by atoms with Gasteiger partial charge in [-0.1, -0.05) is 52.0 Å². The molecule has 1 N–H and O–H groups in total. The van der Waals surface area contributed by atoms with E-state index >= 15 is 0 Å². The summed E-state index contributed by atoms with van der Waals surface area (Å²) < 4.78 is 0. The monoisotopic (exact) mass is 276 g/mol. The summed E-state index contributed by atoms with van der Waals surface area (Å²) in [5, 5.41) is 3.54. The van der Waals surface area contributed by atoms with E-state index in [1.807, 2.05) is 0 Å². The first-order valence-electron chi connectivity index (χ1n) is 8.01. The Morgan fingerprint density at radius 1 is 1.05 bits per heavy atom. The quantitative estimate of drug-likeness (QED) is 0.736. The summed E-state index contributed by atoms with van der Waals surface area (Å²) in [6.07, 6.45) is 1.22. The second kappa shape index (κ2) is 9.15. The van der Waals surface area contributed by atoms with Crippen molar-refractivity contribution in [1.29, 1.82) is 0 Å². The van der Waals surface area contributed by atoms with Crippen molar-refractivity contribution in [3.63, 3.8) is 0 Å². The Balaban J connectivity index is 2.44. The molecule has 0 aliphatic heterocycles. The van der Waals surface area contributed by atoms with E-state index in [1.54, 1.807) is 0 Å². The zero-order chi connectivity index (χ0) is 15.0. The van der Waals surface area contributed by atoms with Gasteiger partial charge >= 0.3 is 0 Å². The SMILES string of the molecule is CCCN(C)Cc1ccc(C(C)CNCC(C)C)cc1. The molecule has 1 unspecified atom stereocenters. The smallest absolute Gasteiger partial charge is 0.0230 e. The van der Waals surface area contributed by atoms with Crippen LogP contribution >= 0.6 is 0 Å². The Morgan fingerprint density at radius 3 is 2.25 bits per heavy atom. The fourth-order valence-corrected chi connectivity index (χ4v) is 2.43. The molecule has 0 radical (unpaired) electrons. The lowest BCUT2D eigenvalue weighted by Crippen LogP contribution is -2.24. The molecule has 0 spiro atoms. The van der Waals surface area contributed by atoms with Crippen LogP contribution in [0.15, 0.2) is 24.3 Å². The number of hydrogen-bond donors (Lipinski definition) is 1. The van der Waals surface area contributed by atoms with Crippen LogP contribution in [0.3, 0.4) is 0 Å². The van der Waals surface area contributed by atoms with Gasteiger partial charge in [-0.2, -0.15) is 0 Å². The maximum Gasteiger partial charge on any atom is 0.0230 e. The molecule has 0 saturated carbocycles. The summed E-state index contributed by atoms with van der Waals surface area (Å²) in [4.78, 5) is 2.38. The Labute approximate surface area is 125 Å². The Kier molecular flexibility index (Phi) is 7.86. The van der Waals surface area contributed by atoms with Crippen LogP contribution < -0.4 is 5.32 Å². The summed E-state index contributed by atoms with van der Waals surface area (Å²) >= 11 is 0. The number of nitrogens with one attached hydrogen (secondary N) is 1. The minimum absolute atomic E-state index is 0.580. The number of nitrogens with zero attached hydrogens (tertiary/aromatic N) is 1. The molecule has 1 atom stereocenters. The van der Waals surface area contributed by atoms with Gasteiger partial charge in [0.25, 0.3) is 0 Å². The van der Waals surface area contributed by atoms with Gasteiger partial charge in [-0.25, -0.2) is 0 Å². The van der Waals surface area contributed by atoms with Crippen molar-refractivity contribution in [3.05, 3.63) is 35.4 Å². The maximum absolute atomic E-state index is 3.54. The van der Waals surface area contributed by atoms with Crippen LogP contribution in [0.2, 0.25) is 0 Å². The van der Waals surface area contributed by atoms with Crippen molar-refractivity contribution in [1.82, 2.24) is 10.2 Å². The van der Waals surface area contributed by atoms with E-state index in [0.717, 1.165) is 32.1 Å². The minimum Gasteiger partial charge on any atom is -0.316 e. The van der Waals surface area contributed by atoms with Gasteiger partial charge in [0.15, 0.2) is 0 Å². The molecule has 0 fully saturated rings. The van der Waals surface area contributed by atoms with E-state index in [4.69, 9.17) is 0 Å². The van der Waals surface area contributed by atoms with Gasteiger partial charge in [0.05, 0.1) is 0 Å². The van der Waals surface area contributed by atoms with Gasteiger partial charge in [0.1, 0.15) is 0 Å². The zero-order valence-electron chi connectivity index (χ0n) is 13.9. The third kappa shape index (κ3) is 6.53. The summed E-state index contributed by atoms with van der Waals surface area (Å²) in [5.74, 6) is 1.30. The van der Waals surface area contributed by atoms with E-state index < -0.39 is 0 Å². The molecule has 0 amide bonds. The molecule has 0 heterocycles. The average Bonchev–Trinajstić information content (AvgIpc) is 2.39. The van der Waals surface area contributed by atoms with E-state index in [9.17, 15) is 0 Å². The molecule has 1 aromatic rings. The number of benzene rings is 1. The molecule has 1 aromatic carbocycles. The van der Waals surface area contributed by atoms with E-state index in [-0.39, 0.29) is 0 Å². The van der Waals surface area contributed by atoms with Gasteiger partial charge in [0, 0.05) is 13.1 Å². The molecular formula is C18H32N2. The molecule has 2 nitrogen and oxygen atoms in total. The second-order valence-electron chi connectivity index (χ2n) is 6.43. The van der Waals surface area contributed by atoms with Gasteiger partial charge in [-0.05, 0) is 49.5 Å². The lowest BCUT2D eigenvalue weighted by atomic mass is 9.99. The first kappa shape index (κ1) is 17.2. The van der Waals surface area contributed by atoms with Crippen LogP contribution in [0.4, 0.5) is 0 Å². The first-order chi connectivity index (χ1) is 9.52. The van der Waals surface area contributed by atoms with Crippen molar-refractivity contribution in [2.45, 2.75) is 46.6 Å². The molecule has 1 rings (SSSR count). The predicted octanol–water partition coefficient (Wildman–Crippen LogP) is 3.88. The highest BCUT2D eigenvalue weighted by Gasteiger charge is 2.06. The van der Waals surface area contributed by atoms with Gasteiger partial charge in [-0.3, -0.25) is 0 Å². The van der Waals surface area contributed by atoms with Crippen LogP contribution in [-0.2, 0) is 6.54 Å². The highest BCUT2D eigenvalue weighted by Crippen LogP contribution is 2.16. The largest absolute Gasteiger partial charge is 0.316 e. The van der Waals surface area contributed by atoms with Crippen molar-refractivity contribution in [2.75, 3.05) is 26.7 Å². The van der Waals surface area contributed by atoms with Crippen LogP contribution in [0, 0.1) is 5.92 Å². The maximum atomic E-state index is 3.54. The highest BCUT2D eigenvalue weighted by atomic mass is 15.1. The van der Waals surface area contributed by atoms with Crippen molar-refractivity contribution < 1.29 is 0 Å². The topological polar surface area (TPSA) is 15.3 Å². The molecule has 2 heteroatoms. The first-order valence-corrected chi connectivity index (χ1v) is 8.01.